The van der Waals surface area contributed by atoms with Gasteiger partial charge in [-0.1, -0.05) is 33.1 Å². The molecule has 0 fully saturated rings. The highest BCUT2D eigenvalue weighted by Gasteiger charge is 2.30. The van der Waals surface area contributed by atoms with Crippen molar-refractivity contribution in [1.82, 2.24) is 10.2 Å². The van der Waals surface area contributed by atoms with E-state index >= 15 is 0 Å². The van der Waals surface area contributed by atoms with Crippen LogP contribution in [0.4, 0.5) is 0 Å². The lowest BCUT2D eigenvalue weighted by molar-refractivity contribution is 0.130. The van der Waals surface area contributed by atoms with Crippen LogP contribution < -0.4 is 5.32 Å². The average Bonchev–Trinajstić information content (AvgIpc) is 2.22. The maximum Gasteiger partial charge on any atom is 0.0300 e. The monoisotopic (exact) mass is 228 g/mol. The van der Waals surface area contributed by atoms with E-state index in [0.717, 1.165) is 6.54 Å². The normalized spacial score (nSPS) is 14.4. The Hall–Kier alpha value is -0.0800. The Balaban J connectivity index is 4.28. The first-order valence-corrected chi connectivity index (χ1v) is 6.87. The van der Waals surface area contributed by atoms with Crippen LogP contribution in [0.25, 0.3) is 0 Å². The molecule has 0 aromatic rings. The quantitative estimate of drug-likeness (QED) is 0.609. The molecule has 0 rings (SSSR count). The van der Waals surface area contributed by atoms with Crippen LogP contribution in [0.15, 0.2) is 0 Å². The molecule has 1 atom stereocenters. The average molecular weight is 228 g/mol. The fraction of sp³-hybridized carbons (Fsp3) is 1.00. The molecule has 16 heavy (non-hydrogen) atoms. The number of nitrogens with zero attached hydrogens (tertiary/aromatic N) is 1. The fourth-order valence-electron chi connectivity index (χ4n) is 1.93. The Morgan fingerprint density at radius 2 is 1.69 bits per heavy atom. The summed E-state index contributed by atoms with van der Waals surface area (Å²) in [5.74, 6) is 0. The molecule has 1 unspecified atom stereocenters. The van der Waals surface area contributed by atoms with Crippen molar-refractivity contribution in [2.45, 2.75) is 71.4 Å². The summed E-state index contributed by atoms with van der Waals surface area (Å²) in [4.78, 5) is 2.34. The molecule has 0 aliphatic rings. The number of hydrogen-bond donors (Lipinski definition) is 1. The summed E-state index contributed by atoms with van der Waals surface area (Å²) in [5.41, 5.74) is 0.239. The number of hydrogen-bond acceptors (Lipinski definition) is 2. The molecule has 0 aliphatic heterocycles. The second-order valence-electron chi connectivity index (χ2n) is 5.55. The topological polar surface area (TPSA) is 15.3 Å². The van der Waals surface area contributed by atoms with Gasteiger partial charge in [-0.25, -0.2) is 0 Å². The molecule has 0 bridgehead atoms. The molecule has 1 N–H and O–H groups in total. The van der Waals surface area contributed by atoms with E-state index in [9.17, 15) is 0 Å². The molecule has 0 saturated carbocycles. The predicted octanol–water partition coefficient (Wildman–Crippen LogP) is 3.28. The molecule has 2 heteroatoms. The van der Waals surface area contributed by atoms with Crippen molar-refractivity contribution in [3.8, 4) is 0 Å². The molecule has 0 saturated heterocycles. The molecule has 2 nitrogen and oxygen atoms in total. The van der Waals surface area contributed by atoms with Crippen LogP contribution in [-0.4, -0.2) is 37.1 Å². The summed E-state index contributed by atoms with van der Waals surface area (Å²) in [5, 5.41) is 3.71. The second kappa shape index (κ2) is 8.08. The van der Waals surface area contributed by atoms with Crippen molar-refractivity contribution in [3.63, 3.8) is 0 Å². The van der Waals surface area contributed by atoms with Gasteiger partial charge in [0.15, 0.2) is 0 Å². The first kappa shape index (κ1) is 15.9. The van der Waals surface area contributed by atoms with Gasteiger partial charge in [-0.05, 0) is 47.3 Å². The van der Waals surface area contributed by atoms with Gasteiger partial charge in [0.2, 0.25) is 0 Å². The smallest absolute Gasteiger partial charge is 0.0300 e. The minimum absolute atomic E-state index is 0.239. The molecular weight excluding hydrogens is 196 g/mol. The largest absolute Gasteiger partial charge is 0.312 e. The van der Waals surface area contributed by atoms with Gasteiger partial charge < -0.3 is 10.2 Å². The highest BCUT2D eigenvalue weighted by atomic mass is 15.2. The van der Waals surface area contributed by atoms with E-state index in [4.69, 9.17) is 0 Å². The molecule has 0 radical (unpaired) electrons. The highest BCUT2D eigenvalue weighted by molar-refractivity contribution is 4.91. The predicted molar refractivity (Wildman–Crippen MR) is 74.0 cm³/mol. The van der Waals surface area contributed by atoms with E-state index in [-0.39, 0.29) is 5.54 Å². The summed E-state index contributed by atoms with van der Waals surface area (Å²) in [7, 11) is 4.36. The number of rotatable bonds is 9. The van der Waals surface area contributed by atoms with E-state index in [2.05, 4.69) is 52.0 Å². The first-order chi connectivity index (χ1) is 7.46. The summed E-state index contributed by atoms with van der Waals surface area (Å²) in [6.07, 6.45) is 6.51. The lowest BCUT2D eigenvalue weighted by Crippen LogP contribution is -2.55. The van der Waals surface area contributed by atoms with Crippen LogP contribution in [0, 0.1) is 0 Å². The summed E-state index contributed by atoms with van der Waals surface area (Å²) in [6, 6.07) is 0.606. The van der Waals surface area contributed by atoms with Gasteiger partial charge in [0, 0.05) is 11.6 Å². The SMILES string of the molecule is CCCCCC(NCCC)C(C)(C)N(C)C. The Morgan fingerprint density at radius 1 is 1.06 bits per heavy atom. The summed E-state index contributed by atoms with van der Waals surface area (Å²) < 4.78 is 0. The van der Waals surface area contributed by atoms with Crippen LogP contribution >= 0.6 is 0 Å². The van der Waals surface area contributed by atoms with E-state index < -0.39 is 0 Å². The molecule has 0 aromatic heterocycles. The number of likely N-dealkylation sites (N-methyl/N-ethyl adjacent to an activating group) is 1. The third-order valence-electron chi connectivity index (χ3n) is 3.74. The third kappa shape index (κ3) is 5.31. The van der Waals surface area contributed by atoms with Crippen LogP contribution in [0.5, 0.6) is 0 Å². The third-order valence-corrected chi connectivity index (χ3v) is 3.74. The van der Waals surface area contributed by atoms with Gasteiger partial charge in [-0.15, -0.1) is 0 Å². The zero-order chi connectivity index (χ0) is 12.6. The van der Waals surface area contributed by atoms with Gasteiger partial charge >= 0.3 is 0 Å². The van der Waals surface area contributed by atoms with E-state index in [0.29, 0.717) is 6.04 Å². The zero-order valence-electron chi connectivity index (χ0n) is 12.3. The maximum absolute atomic E-state index is 3.71. The Bertz CT molecular complexity index is 164. The Kier molecular flexibility index (Phi) is 8.04. The van der Waals surface area contributed by atoms with Crippen LogP contribution in [-0.2, 0) is 0 Å². The lowest BCUT2D eigenvalue weighted by Gasteiger charge is -2.41. The minimum Gasteiger partial charge on any atom is -0.312 e. The van der Waals surface area contributed by atoms with E-state index in [1.165, 1.54) is 32.1 Å². The van der Waals surface area contributed by atoms with E-state index in [1.54, 1.807) is 0 Å². The first-order valence-electron chi connectivity index (χ1n) is 6.87. The molecule has 0 aromatic carbocycles. The number of nitrogens with one attached hydrogen (secondary N) is 1. The van der Waals surface area contributed by atoms with Crippen LogP contribution in [0.1, 0.15) is 59.8 Å². The molecule has 0 amide bonds. The Morgan fingerprint density at radius 3 is 2.12 bits per heavy atom. The van der Waals surface area contributed by atoms with Crippen molar-refractivity contribution in [2.75, 3.05) is 20.6 Å². The molecule has 98 valence electrons. The molecule has 0 heterocycles. The van der Waals surface area contributed by atoms with Gasteiger partial charge in [-0.3, -0.25) is 0 Å². The zero-order valence-corrected chi connectivity index (χ0v) is 12.3. The standard InChI is InChI=1S/C14H32N2/c1-7-9-10-11-13(15-12-8-2)14(3,4)16(5)6/h13,15H,7-12H2,1-6H3. The summed E-state index contributed by atoms with van der Waals surface area (Å²) in [6.45, 7) is 10.3. The number of unbranched alkanes of at least 4 members (excludes halogenated alkanes) is 2. The molecule has 0 spiro atoms. The molecular formula is C14H32N2. The summed E-state index contributed by atoms with van der Waals surface area (Å²) >= 11 is 0. The fourth-order valence-corrected chi connectivity index (χ4v) is 1.93. The minimum atomic E-state index is 0.239. The van der Waals surface area contributed by atoms with Crippen molar-refractivity contribution >= 4 is 0 Å². The van der Waals surface area contributed by atoms with Gasteiger partial charge in [-0.2, -0.15) is 0 Å². The maximum atomic E-state index is 3.71. The van der Waals surface area contributed by atoms with Gasteiger partial charge in [0.25, 0.3) is 0 Å². The molecule has 0 aliphatic carbocycles. The van der Waals surface area contributed by atoms with Crippen molar-refractivity contribution < 1.29 is 0 Å². The highest BCUT2D eigenvalue weighted by Crippen LogP contribution is 2.20. The van der Waals surface area contributed by atoms with E-state index in [1.807, 2.05) is 0 Å². The van der Waals surface area contributed by atoms with Gasteiger partial charge in [0.05, 0.1) is 0 Å². The lowest BCUT2D eigenvalue weighted by atomic mass is 9.89. The van der Waals surface area contributed by atoms with Crippen molar-refractivity contribution in [2.24, 2.45) is 0 Å². The Labute approximate surface area is 103 Å². The van der Waals surface area contributed by atoms with Crippen LogP contribution in [0.3, 0.4) is 0 Å². The van der Waals surface area contributed by atoms with Crippen molar-refractivity contribution in [1.29, 1.82) is 0 Å². The van der Waals surface area contributed by atoms with Crippen LogP contribution in [0.2, 0.25) is 0 Å². The van der Waals surface area contributed by atoms with Gasteiger partial charge in [0.1, 0.15) is 0 Å². The second-order valence-corrected chi connectivity index (χ2v) is 5.55. The van der Waals surface area contributed by atoms with Crippen molar-refractivity contribution in [3.05, 3.63) is 0 Å².